The molecule has 0 radical (unpaired) electrons. The minimum atomic E-state index is 0.386. The molecule has 92 valence electrons. The molecule has 0 aliphatic rings. The van der Waals surface area contributed by atoms with Crippen molar-refractivity contribution in [1.82, 2.24) is 0 Å². The predicted molar refractivity (Wildman–Crippen MR) is 65.8 cm³/mol. The minimum absolute atomic E-state index is 0.386. The molecule has 0 fully saturated rings. The van der Waals surface area contributed by atoms with Crippen LogP contribution in [0.4, 0.5) is 0 Å². The molecule has 1 aromatic carbocycles. The molecule has 17 heavy (non-hydrogen) atoms. The van der Waals surface area contributed by atoms with E-state index < -0.39 is 0 Å². The van der Waals surface area contributed by atoms with Gasteiger partial charge in [0.05, 0.1) is 21.3 Å². The number of carbonyl (C=O) groups is 1. The van der Waals surface area contributed by atoms with Gasteiger partial charge in [-0.2, -0.15) is 0 Å². The minimum Gasteiger partial charge on any atom is -0.493 e. The summed E-state index contributed by atoms with van der Waals surface area (Å²) in [6, 6.07) is 3.64. The zero-order valence-electron chi connectivity index (χ0n) is 10.2. The Hall–Kier alpha value is -1.97. The van der Waals surface area contributed by atoms with Crippen molar-refractivity contribution in [2.75, 3.05) is 21.3 Å². The molecule has 0 aromatic heterocycles. The van der Waals surface area contributed by atoms with Gasteiger partial charge in [-0.15, -0.1) is 0 Å². The van der Waals surface area contributed by atoms with Crippen molar-refractivity contribution < 1.29 is 19.0 Å². The predicted octanol–water partition coefficient (Wildman–Crippen LogP) is 2.31. The average molecular weight is 236 g/mol. The highest BCUT2D eigenvalue weighted by atomic mass is 16.5. The molecule has 0 amide bonds. The highest BCUT2D eigenvalue weighted by Gasteiger charge is 2.11. The molecule has 1 rings (SSSR count). The SMILES string of the molecule is COc1cc(C=CCC=O)cc(OC)c1OC. The Bertz CT molecular complexity index is 385. The maximum atomic E-state index is 10.2. The molecule has 0 aliphatic carbocycles. The number of rotatable bonds is 6. The van der Waals surface area contributed by atoms with Crippen LogP contribution in [-0.4, -0.2) is 27.6 Å². The quantitative estimate of drug-likeness (QED) is 0.711. The smallest absolute Gasteiger partial charge is 0.203 e. The van der Waals surface area contributed by atoms with E-state index >= 15 is 0 Å². The Balaban J connectivity index is 3.12. The van der Waals surface area contributed by atoms with E-state index in [2.05, 4.69) is 0 Å². The molecular weight excluding hydrogens is 220 g/mol. The zero-order valence-corrected chi connectivity index (χ0v) is 10.2. The normalized spacial score (nSPS) is 10.3. The van der Waals surface area contributed by atoms with E-state index in [1.54, 1.807) is 27.4 Å². The molecule has 0 aliphatic heterocycles. The molecule has 0 atom stereocenters. The summed E-state index contributed by atoms with van der Waals surface area (Å²) in [5.41, 5.74) is 0.890. The monoisotopic (exact) mass is 236 g/mol. The number of ether oxygens (including phenoxy) is 3. The van der Waals surface area contributed by atoms with Gasteiger partial charge in [0.1, 0.15) is 6.29 Å². The first-order valence-corrected chi connectivity index (χ1v) is 5.17. The zero-order chi connectivity index (χ0) is 12.7. The molecule has 4 nitrogen and oxygen atoms in total. The first kappa shape index (κ1) is 13.1. The Morgan fingerprint density at radius 1 is 1.06 bits per heavy atom. The van der Waals surface area contributed by atoms with Gasteiger partial charge in [0.15, 0.2) is 11.5 Å². The third-order valence-corrected chi connectivity index (χ3v) is 2.23. The number of aldehydes is 1. The largest absolute Gasteiger partial charge is 0.493 e. The molecule has 0 saturated carbocycles. The summed E-state index contributed by atoms with van der Waals surface area (Å²) in [4.78, 5) is 10.2. The van der Waals surface area contributed by atoms with Gasteiger partial charge in [-0.25, -0.2) is 0 Å². The lowest BCUT2D eigenvalue weighted by Crippen LogP contribution is -1.95. The van der Waals surface area contributed by atoms with E-state index in [-0.39, 0.29) is 0 Å². The molecule has 0 N–H and O–H groups in total. The number of benzene rings is 1. The summed E-state index contributed by atoms with van der Waals surface area (Å²) in [7, 11) is 4.69. The van der Waals surface area contributed by atoms with Crippen molar-refractivity contribution in [2.24, 2.45) is 0 Å². The van der Waals surface area contributed by atoms with Gasteiger partial charge >= 0.3 is 0 Å². The number of hydrogen-bond acceptors (Lipinski definition) is 4. The van der Waals surface area contributed by atoms with Gasteiger partial charge in [0.25, 0.3) is 0 Å². The molecule has 0 bridgehead atoms. The molecular formula is C13H16O4. The molecule has 0 spiro atoms. The fraction of sp³-hybridized carbons (Fsp3) is 0.308. The van der Waals surface area contributed by atoms with Gasteiger partial charge in [-0.3, -0.25) is 0 Å². The Morgan fingerprint density at radius 3 is 2.06 bits per heavy atom. The number of allylic oxidation sites excluding steroid dienone is 1. The standard InChI is InChI=1S/C13H16O4/c1-15-11-8-10(6-4-5-7-14)9-12(16-2)13(11)17-3/h4,6-9H,5H2,1-3H3. The Kier molecular flexibility index (Phi) is 5.07. The van der Waals surface area contributed by atoms with Gasteiger partial charge in [0, 0.05) is 6.42 Å². The Labute approximate surface area is 101 Å². The second-order valence-electron chi connectivity index (χ2n) is 3.26. The molecule has 0 unspecified atom stereocenters. The molecule has 0 heterocycles. The van der Waals surface area contributed by atoms with Gasteiger partial charge in [0.2, 0.25) is 5.75 Å². The summed E-state index contributed by atoms with van der Waals surface area (Å²) in [6.45, 7) is 0. The van der Waals surface area contributed by atoms with E-state index in [4.69, 9.17) is 14.2 Å². The third kappa shape index (κ3) is 3.24. The summed E-state index contributed by atoms with van der Waals surface area (Å²) >= 11 is 0. The van der Waals surface area contributed by atoms with Crippen LogP contribution in [0.1, 0.15) is 12.0 Å². The molecule has 1 aromatic rings. The van der Waals surface area contributed by atoms with Crippen LogP contribution in [0.2, 0.25) is 0 Å². The van der Waals surface area contributed by atoms with Crippen molar-refractivity contribution in [1.29, 1.82) is 0 Å². The number of methoxy groups -OCH3 is 3. The van der Waals surface area contributed by atoms with Crippen LogP contribution in [0.3, 0.4) is 0 Å². The number of carbonyl (C=O) groups excluding carboxylic acids is 1. The summed E-state index contributed by atoms with van der Waals surface area (Å²) in [5.74, 6) is 1.75. The second kappa shape index (κ2) is 6.58. The van der Waals surface area contributed by atoms with Crippen LogP contribution in [0.15, 0.2) is 18.2 Å². The maximum absolute atomic E-state index is 10.2. The van der Waals surface area contributed by atoms with Crippen LogP contribution in [0, 0.1) is 0 Å². The average Bonchev–Trinajstić information content (AvgIpc) is 2.37. The van der Waals surface area contributed by atoms with Crippen molar-refractivity contribution in [3.8, 4) is 17.2 Å². The van der Waals surface area contributed by atoms with Crippen LogP contribution < -0.4 is 14.2 Å². The van der Waals surface area contributed by atoms with Crippen molar-refractivity contribution in [2.45, 2.75) is 6.42 Å². The van der Waals surface area contributed by atoms with Crippen LogP contribution in [0.25, 0.3) is 6.08 Å². The molecule has 4 heteroatoms. The lowest BCUT2D eigenvalue weighted by molar-refractivity contribution is -0.107. The summed E-state index contributed by atoms with van der Waals surface area (Å²) < 4.78 is 15.6. The Morgan fingerprint density at radius 2 is 1.65 bits per heavy atom. The van der Waals surface area contributed by atoms with Crippen LogP contribution in [-0.2, 0) is 4.79 Å². The van der Waals surface area contributed by atoms with Crippen molar-refractivity contribution >= 4 is 12.4 Å². The highest BCUT2D eigenvalue weighted by Crippen LogP contribution is 2.38. The third-order valence-electron chi connectivity index (χ3n) is 2.23. The second-order valence-corrected chi connectivity index (χ2v) is 3.26. The van der Waals surface area contributed by atoms with Crippen molar-refractivity contribution in [3.05, 3.63) is 23.8 Å². The van der Waals surface area contributed by atoms with Gasteiger partial charge < -0.3 is 19.0 Å². The van der Waals surface area contributed by atoms with Gasteiger partial charge in [-0.05, 0) is 17.7 Å². The van der Waals surface area contributed by atoms with Crippen LogP contribution in [0.5, 0.6) is 17.2 Å². The van der Waals surface area contributed by atoms with E-state index in [0.717, 1.165) is 11.8 Å². The maximum Gasteiger partial charge on any atom is 0.203 e. The fourth-order valence-electron chi connectivity index (χ4n) is 1.46. The summed E-state index contributed by atoms with van der Waals surface area (Å²) in [5, 5.41) is 0. The first-order valence-electron chi connectivity index (χ1n) is 5.17. The molecule has 0 saturated heterocycles. The topological polar surface area (TPSA) is 44.8 Å². The lowest BCUT2D eigenvalue weighted by atomic mass is 10.1. The van der Waals surface area contributed by atoms with E-state index in [0.29, 0.717) is 23.7 Å². The number of hydrogen-bond donors (Lipinski definition) is 0. The van der Waals surface area contributed by atoms with Crippen molar-refractivity contribution in [3.63, 3.8) is 0 Å². The van der Waals surface area contributed by atoms with E-state index in [1.165, 1.54) is 0 Å². The highest BCUT2D eigenvalue weighted by molar-refractivity contribution is 5.64. The van der Waals surface area contributed by atoms with Gasteiger partial charge in [-0.1, -0.05) is 12.2 Å². The lowest BCUT2D eigenvalue weighted by Gasteiger charge is -2.12. The first-order chi connectivity index (χ1) is 8.26. The van der Waals surface area contributed by atoms with Crippen LogP contribution >= 0.6 is 0 Å². The van der Waals surface area contributed by atoms with E-state index in [1.807, 2.05) is 18.2 Å². The fourth-order valence-corrected chi connectivity index (χ4v) is 1.46. The van der Waals surface area contributed by atoms with E-state index in [9.17, 15) is 4.79 Å². The summed E-state index contributed by atoms with van der Waals surface area (Å²) in [6.07, 6.45) is 4.83.